The highest BCUT2D eigenvalue weighted by molar-refractivity contribution is 6.04. The van der Waals surface area contributed by atoms with Crippen LogP contribution in [0.5, 0.6) is 0 Å². The molecule has 0 atom stereocenters. The number of rotatable bonds is 4. The molecule has 1 aliphatic rings. The van der Waals surface area contributed by atoms with Gasteiger partial charge in [-0.05, 0) is 55.0 Å². The third-order valence-electron chi connectivity index (χ3n) is 4.53. The lowest BCUT2D eigenvalue weighted by Crippen LogP contribution is -2.15. The number of benzene rings is 1. The molecule has 3 aromatic rings. The van der Waals surface area contributed by atoms with Crippen LogP contribution in [0.2, 0.25) is 0 Å². The number of hydrogen-bond donors (Lipinski definition) is 1. The van der Waals surface area contributed by atoms with E-state index in [1.807, 2.05) is 44.4 Å². The molecule has 0 saturated heterocycles. The Morgan fingerprint density at radius 3 is 2.56 bits per heavy atom. The first-order valence-corrected chi connectivity index (χ1v) is 8.48. The average molecular weight is 332 g/mol. The summed E-state index contributed by atoms with van der Waals surface area (Å²) in [6.07, 6.45) is 6.18. The van der Waals surface area contributed by atoms with Gasteiger partial charge in [0.15, 0.2) is 0 Å². The maximum atomic E-state index is 12.7. The molecule has 1 N–H and O–H groups in total. The van der Waals surface area contributed by atoms with E-state index in [1.54, 1.807) is 10.9 Å². The topological polar surface area (TPSA) is 59.8 Å². The Bertz CT molecular complexity index is 923. The van der Waals surface area contributed by atoms with E-state index in [-0.39, 0.29) is 5.91 Å². The van der Waals surface area contributed by atoms with Gasteiger partial charge in [-0.2, -0.15) is 5.10 Å². The van der Waals surface area contributed by atoms with Crippen molar-refractivity contribution < 1.29 is 4.79 Å². The van der Waals surface area contributed by atoms with E-state index in [9.17, 15) is 4.79 Å². The number of nitrogens with zero attached hydrogens (tertiary/aromatic N) is 3. The van der Waals surface area contributed by atoms with Crippen LogP contribution in [0.4, 0.5) is 5.69 Å². The minimum absolute atomic E-state index is 0.192. The van der Waals surface area contributed by atoms with Gasteiger partial charge < -0.3 is 5.32 Å². The van der Waals surface area contributed by atoms with Crippen molar-refractivity contribution in [1.82, 2.24) is 14.8 Å². The summed E-state index contributed by atoms with van der Waals surface area (Å²) < 4.78 is 1.72. The zero-order valence-corrected chi connectivity index (χ0v) is 14.4. The standard InChI is InChI=1S/C20H20N4O/c1-13-3-10-18(16-11-21-24(2)12-16)23-19(13)20(25)22-17-8-6-15(7-9-17)14-4-5-14/h3,6-12,14H,4-5H2,1-2H3,(H,22,25). The van der Waals surface area contributed by atoms with Crippen LogP contribution < -0.4 is 5.32 Å². The second-order valence-corrected chi connectivity index (χ2v) is 6.62. The van der Waals surface area contributed by atoms with Crippen molar-refractivity contribution in [3.63, 3.8) is 0 Å². The van der Waals surface area contributed by atoms with E-state index in [0.29, 0.717) is 11.6 Å². The lowest BCUT2D eigenvalue weighted by atomic mass is 10.1. The first-order chi connectivity index (χ1) is 12.1. The number of anilines is 1. The molecule has 0 aliphatic heterocycles. The highest BCUT2D eigenvalue weighted by Gasteiger charge is 2.23. The molecule has 0 spiro atoms. The summed E-state index contributed by atoms with van der Waals surface area (Å²) in [4.78, 5) is 17.2. The fourth-order valence-electron chi connectivity index (χ4n) is 2.92. The number of amides is 1. The van der Waals surface area contributed by atoms with Crippen molar-refractivity contribution in [2.24, 2.45) is 7.05 Å². The number of nitrogens with one attached hydrogen (secondary N) is 1. The lowest BCUT2D eigenvalue weighted by molar-refractivity contribution is 0.102. The molecule has 0 radical (unpaired) electrons. The molecule has 1 amide bonds. The van der Waals surface area contributed by atoms with Gasteiger partial charge >= 0.3 is 0 Å². The Hall–Kier alpha value is -2.95. The highest BCUT2D eigenvalue weighted by atomic mass is 16.1. The maximum Gasteiger partial charge on any atom is 0.274 e. The molecule has 1 saturated carbocycles. The number of pyridine rings is 1. The molecule has 126 valence electrons. The Balaban J connectivity index is 1.56. The van der Waals surface area contributed by atoms with E-state index in [0.717, 1.165) is 22.5 Å². The first-order valence-electron chi connectivity index (χ1n) is 8.48. The van der Waals surface area contributed by atoms with E-state index in [2.05, 4.69) is 27.5 Å². The predicted octanol–water partition coefficient (Wildman–Crippen LogP) is 3.92. The fourth-order valence-corrected chi connectivity index (χ4v) is 2.92. The molecule has 25 heavy (non-hydrogen) atoms. The zero-order valence-electron chi connectivity index (χ0n) is 14.4. The minimum Gasteiger partial charge on any atom is -0.321 e. The van der Waals surface area contributed by atoms with Gasteiger partial charge in [-0.15, -0.1) is 0 Å². The largest absolute Gasteiger partial charge is 0.321 e. The van der Waals surface area contributed by atoms with Crippen LogP contribution in [0.3, 0.4) is 0 Å². The molecule has 1 fully saturated rings. The summed E-state index contributed by atoms with van der Waals surface area (Å²) in [5.74, 6) is 0.521. The minimum atomic E-state index is -0.192. The summed E-state index contributed by atoms with van der Waals surface area (Å²) in [5.41, 5.74) is 5.07. The van der Waals surface area contributed by atoms with E-state index >= 15 is 0 Å². The van der Waals surface area contributed by atoms with E-state index < -0.39 is 0 Å². The summed E-state index contributed by atoms with van der Waals surface area (Å²) >= 11 is 0. The normalized spacial score (nSPS) is 13.7. The van der Waals surface area contributed by atoms with Gasteiger partial charge in [-0.1, -0.05) is 18.2 Å². The Morgan fingerprint density at radius 2 is 1.92 bits per heavy atom. The number of hydrogen-bond acceptors (Lipinski definition) is 3. The predicted molar refractivity (Wildman–Crippen MR) is 97.5 cm³/mol. The van der Waals surface area contributed by atoms with Gasteiger partial charge in [0.25, 0.3) is 5.91 Å². The van der Waals surface area contributed by atoms with Crippen molar-refractivity contribution in [3.05, 3.63) is 65.6 Å². The lowest BCUT2D eigenvalue weighted by Gasteiger charge is -2.09. The summed E-state index contributed by atoms with van der Waals surface area (Å²) in [7, 11) is 1.86. The van der Waals surface area contributed by atoms with Gasteiger partial charge in [0.05, 0.1) is 11.9 Å². The third kappa shape index (κ3) is 3.31. The average Bonchev–Trinajstić information content (AvgIpc) is 3.37. The molecule has 4 rings (SSSR count). The Labute approximate surface area is 146 Å². The molecular formula is C20H20N4O. The second-order valence-electron chi connectivity index (χ2n) is 6.62. The number of carbonyl (C=O) groups excluding carboxylic acids is 1. The van der Waals surface area contributed by atoms with E-state index in [4.69, 9.17) is 0 Å². The van der Waals surface area contributed by atoms with Crippen LogP contribution in [0.15, 0.2) is 48.8 Å². The summed E-state index contributed by atoms with van der Waals surface area (Å²) in [6.45, 7) is 1.89. The van der Waals surface area contributed by atoms with Crippen LogP contribution >= 0.6 is 0 Å². The van der Waals surface area contributed by atoms with Crippen LogP contribution in [-0.4, -0.2) is 20.7 Å². The number of aromatic nitrogens is 3. The molecule has 2 heterocycles. The SMILES string of the molecule is Cc1ccc(-c2cnn(C)c2)nc1C(=O)Nc1ccc(C2CC2)cc1. The van der Waals surface area contributed by atoms with Crippen LogP contribution in [0.25, 0.3) is 11.3 Å². The van der Waals surface area contributed by atoms with Crippen molar-refractivity contribution in [2.45, 2.75) is 25.7 Å². The number of carbonyl (C=O) groups is 1. The summed E-state index contributed by atoms with van der Waals surface area (Å²) in [5, 5.41) is 7.11. The third-order valence-corrected chi connectivity index (χ3v) is 4.53. The fraction of sp³-hybridized carbons (Fsp3) is 0.250. The smallest absolute Gasteiger partial charge is 0.274 e. The van der Waals surface area contributed by atoms with Crippen molar-refractivity contribution in [3.8, 4) is 11.3 Å². The van der Waals surface area contributed by atoms with Crippen LogP contribution in [0.1, 0.15) is 40.4 Å². The Morgan fingerprint density at radius 1 is 1.16 bits per heavy atom. The van der Waals surface area contributed by atoms with Gasteiger partial charge in [0, 0.05) is 24.5 Å². The van der Waals surface area contributed by atoms with Gasteiger partial charge in [-0.3, -0.25) is 9.48 Å². The summed E-state index contributed by atoms with van der Waals surface area (Å²) in [6, 6.07) is 11.9. The molecule has 2 aromatic heterocycles. The van der Waals surface area contributed by atoms with Gasteiger partial charge in [0.1, 0.15) is 5.69 Å². The van der Waals surface area contributed by atoms with Crippen LogP contribution in [0, 0.1) is 6.92 Å². The zero-order chi connectivity index (χ0) is 17.4. The second kappa shape index (κ2) is 6.16. The maximum absolute atomic E-state index is 12.7. The first kappa shape index (κ1) is 15.6. The molecular weight excluding hydrogens is 312 g/mol. The van der Waals surface area contributed by atoms with Crippen molar-refractivity contribution in [2.75, 3.05) is 5.32 Å². The van der Waals surface area contributed by atoms with Gasteiger partial charge in [0.2, 0.25) is 0 Å². The Kier molecular flexibility index (Phi) is 3.84. The van der Waals surface area contributed by atoms with E-state index in [1.165, 1.54) is 18.4 Å². The monoisotopic (exact) mass is 332 g/mol. The van der Waals surface area contributed by atoms with Gasteiger partial charge in [-0.25, -0.2) is 4.98 Å². The molecule has 0 bridgehead atoms. The molecule has 1 aromatic carbocycles. The van der Waals surface area contributed by atoms with Crippen molar-refractivity contribution in [1.29, 1.82) is 0 Å². The van der Waals surface area contributed by atoms with Crippen molar-refractivity contribution >= 4 is 11.6 Å². The number of aryl methyl sites for hydroxylation is 2. The molecule has 5 nitrogen and oxygen atoms in total. The quantitative estimate of drug-likeness (QED) is 0.788. The highest BCUT2D eigenvalue weighted by Crippen LogP contribution is 2.40. The molecule has 1 aliphatic carbocycles. The molecule has 5 heteroatoms. The van der Waals surface area contributed by atoms with Crippen LogP contribution in [-0.2, 0) is 7.05 Å². The molecule has 0 unspecified atom stereocenters.